The summed E-state index contributed by atoms with van der Waals surface area (Å²) in [5.74, 6) is -1.18. The summed E-state index contributed by atoms with van der Waals surface area (Å²) in [4.78, 5) is 13.9. The molecule has 3 N–H and O–H groups in total. The average Bonchev–Trinajstić information content (AvgIpc) is 2.50. The van der Waals surface area contributed by atoms with Crippen LogP contribution in [0.25, 0.3) is 0 Å². The van der Waals surface area contributed by atoms with Gasteiger partial charge in [-0.15, -0.1) is 0 Å². The molecule has 0 aromatic carbocycles. The summed E-state index contributed by atoms with van der Waals surface area (Å²) in [6.45, 7) is 0. The molecule has 14 heavy (non-hydrogen) atoms. The fourth-order valence-corrected chi connectivity index (χ4v) is 2.45. The highest BCUT2D eigenvalue weighted by Gasteiger charge is 2.42. The highest BCUT2D eigenvalue weighted by Crippen LogP contribution is 2.38. The molecule has 0 radical (unpaired) electrons. The largest absolute Gasteiger partial charge is 0.479 e. The minimum atomic E-state index is -1.71. The molecule has 1 aliphatic rings. The summed E-state index contributed by atoms with van der Waals surface area (Å²) in [6, 6.07) is 0. The Labute approximate surface area is 89.1 Å². The molecule has 1 unspecified atom stereocenters. The van der Waals surface area contributed by atoms with Gasteiger partial charge in [-0.25, -0.2) is 4.79 Å². The van der Waals surface area contributed by atoms with Gasteiger partial charge in [0.1, 0.15) is 0 Å². The maximum absolute atomic E-state index is 11.0. The van der Waals surface area contributed by atoms with Gasteiger partial charge in [0.2, 0.25) is 0 Å². The van der Waals surface area contributed by atoms with E-state index in [-0.39, 0.29) is 6.42 Å². The van der Waals surface area contributed by atoms with E-state index >= 15 is 0 Å². The fourth-order valence-electron chi connectivity index (χ4n) is 1.92. The molecule has 0 saturated carbocycles. The van der Waals surface area contributed by atoms with E-state index in [4.69, 9.17) is 5.11 Å². The first-order chi connectivity index (χ1) is 6.55. The van der Waals surface area contributed by atoms with E-state index in [0.717, 1.165) is 16.6 Å². The van der Waals surface area contributed by atoms with Gasteiger partial charge in [-0.05, 0) is 40.8 Å². The van der Waals surface area contributed by atoms with Crippen molar-refractivity contribution < 1.29 is 15.0 Å². The van der Waals surface area contributed by atoms with E-state index in [1.165, 1.54) is 0 Å². The standard InChI is InChI=1S/C9H10BrNO3/c10-7-5-2-1-3-9(14,8(12)13)6(5)4-11-7/h4,11,14H,1-3H2,(H,12,13). The van der Waals surface area contributed by atoms with Crippen molar-refractivity contribution in [1.82, 2.24) is 4.98 Å². The molecule has 1 atom stereocenters. The number of aliphatic hydroxyl groups is 1. The van der Waals surface area contributed by atoms with E-state index in [2.05, 4.69) is 20.9 Å². The SMILES string of the molecule is O=C(O)C1(O)CCCc2c1c[nH]c2Br. The maximum Gasteiger partial charge on any atom is 0.340 e. The molecule has 76 valence electrons. The lowest BCUT2D eigenvalue weighted by Crippen LogP contribution is -2.38. The van der Waals surface area contributed by atoms with Gasteiger partial charge in [0.05, 0.1) is 4.60 Å². The maximum atomic E-state index is 11.0. The molecule has 1 heterocycles. The third-order valence-corrected chi connectivity index (χ3v) is 3.41. The minimum absolute atomic E-state index is 0.277. The Morgan fingerprint density at radius 3 is 3.00 bits per heavy atom. The second-order valence-electron chi connectivity index (χ2n) is 3.51. The van der Waals surface area contributed by atoms with Gasteiger partial charge < -0.3 is 15.2 Å². The molecule has 1 aromatic rings. The average molecular weight is 260 g/mol. The molecule has 0 amide bonds. The zero-order valence-corrected chi connectivity index (χ0v) is 8.97. The van der Waals surface area contributed by atoms with Gasteiger partial charge in [-0.2, -0.15) is 0 Å². The van der Waals surface area contributed by atoms with Crippen LogP contribution in [0.5, 0.6) is 0 Å². The van der Waals surface area contributed by atoms with Crippen LogP contribution in [0.2, 0.25) is 0 Å². The van der Waals surface area contributed by atoms with Gasteiger partial charge >= 0.3 is 5.97 Å². The number of halogens is 1. The minimum Gasteiger partial charge on any atom is -0.479 e. The molecule has 4 nitrogen and oxygen atoms in total. The van der Waals surface area contributed by atoms with Crippen LogP contribution in [0, 0.1) is 0 Å². The van der Waals surface area contributed by atoms with Gasteiger partial charge in [-0.1, -0.05) is 0 Å². The summed E-state index contributed by atoms with van der Waals surface area (Å²) in [5.41, 5.74) is -0.347. The second-order valence-corrected chi connectivity index (χ2v) is 4.31. The van der Waals surface area contributed by atoms with Gasteiger partial charge in [0, 0.05) is 11.8 Å². The van der Waals surface area contributed by atoms with Crippen LogP contribution in [0.1, 0.15) is 24.0 Å². The smallest absolute Gasteiger partial charge is 0.340 e. The quantitative estimate of drug-likeness (QED) is 0.714. The van der Waals surface area contributed by atoms with Gasteiger partial charge in [0.15, 0.2) is 5.60 Å². The van der Waals surface area contributed by atoms with Crippen LogP contribution in [-0.4, -0.2) is 21.2 Å². The Balaban J connectivity index is 2.56. The Bertz CT molecular complexity index is 387. The Morgan fingerprint density at radius 1 is 1.64 bits per heavy atom. The number of aromatic nitrogens is 1. The van der Waals surface area contributed by atoms with Crippen LogP contribution in [0.3, 0.4) is 0 Å². The van der Waals surface area contributed by atoms with E-state index in [1.54, 1.807) is 6.20 Å². The molecule has 0 bridgehead atoms. The third-order valence-electron chi connectivity index (χ3n) is 2.70. The normalized spacial score (nSPS) is 25.9. The molecule has 0 spiro atoms. The summed E-state index contributed by atoms with van der Waals surface area (Å²) < 4.78 is 0.770. The van der Waals surface area contributed by atoms with Crippen molar-refractivity contribution in [3.05, 3.63) is 21.9 Å². The molecule has 0 saturated heterocycles. The molecule has 0 fully saturated rings. The summed E-state index contributed by atoms with van der Waals surface area (Å²) in [6.07, 6.45) is 3.33. The molecule has 2 rings (SSSR count). The number of hydrogen-bond donors (Lipinski definition) is 3. The molecule has 1 aromatic heterocycles. The number of carbonyl (C=O) groups is 1. The number of aromatic amines is 1. The van der Waals surface area contributed by atoms with Gasteiger partial charge in [-0.3, -0.25) is 0 Å². The Hall–Kier alpha value is -0.810. The predicted octanol–water partition coefficient (Wildman–Crippen LogP) is 1.39. The first-order valence-electron chi connectivity index (χ1n) is 4.37. The van der Waals surface area contributed by atoms with Crippen molar-refractivity contribution in [2.24, 2.45) is 0 Å². The zero-order chi connectivity index (χ0) is 10.3. The molecular weight excluding hydrogens is 250 g/mol. The first-order valence-corrected chi connectivity index (χ1v) is 5.17. The lowest BCUT2D eigenvalue weighted by Gasteiger charge is -2.28. The molecular formula is C9H10BrNO3. The summed E-state index contributed by atoms with van der Waals surface area (Å²) in [7, 11) is 0. The van der Waals surface area contributed by atoms with Crippen LogP contribution < -0.4 is 0 Å². The topological polar surface area (TPSA) is 73.3 Å². The summed E-state index contributed by atoms with van der Waals surface area (Å²) >= 11 is 3.29. The Morgan fingerprint density at radius 2 is 2.36 bits per heavy atom. The lowest BCUT2D eigenvalue weighted by molar-refractivity contribution is -0.161. The lowest BCUT2D eigenvalue weighted by atomic mass is 9.82. The van der Waals surface area contributed by atoms with Crippen molar-refractivity contribution in [1.29, 1.82) is 0 Å². The monoisotopic (exact) mass is 259 g/mol. The number of rotatable bonds is 1. The number of nitrogens with one attached hydrogen (secondary N) is 1. The van der Waals surface area contributed by atoms with E-state index in [9.17, 15) is 9.90 Å². The Kier molecular flexibility index (Phi) is 2.16. The molecule has 0 aliphatic heterocycles. The summed E-state index contributed by atoms with van der Waals surface area (Å²) in [5, 5.41) is 18.9. The van der Waals surface area contributed by atoms with Crippen molar-refractivity contribution in [3.63, 3.8) is 0 Å². The van der Waals surface area contributed by atoms with Crippen molar-refractivity contribution in [2.75, 3.05) is 0 Å². The number of fused-ring (bicyclic) bond motifs is 1. The van der Waals surface area contributed by atoms with Crippen LogP contribution in [0.15, 0.2) is 10.8 Å². The highest BCUT2D eigenvalue weighted by molar-refractivity contribution is 9.10. The molecule has 5 heteroatoms. The van der Waals surface area contributed by atoms with Crippen LogP contribution >= 0.6 is 15.9 Å². The predicted molar refractivity (Wildman–Crippen MR) is 53.0 cm³/mol. The highest BCUT2D eigenvalue weighted by atomic mass is 79.9. The fraction of sp³-hybridized carbons (Fsp3) is 0.444. The zero-order valence-electron chi connectivity index (χ0n) is 7.38. The van der Waals surface area contributed by atoms with Crippen molar-refractivity contribution in [3.8, 4) is 0 Å². The first kappa shape index (κ1) is 9.73. The number of aliphatic carboxylic acids is 1. The van der Waals surface area contributed by atoms with Crippen LogP contribution in [-0.2, 0) is 16.8 Å². The van der Waals surface area contributed by atoms with Gasteiger partial charge in [0.25, 0.3) is 0 Å². The van der Waals surface area contributed by atoms with Crippen molar-refractivity contribution >= 4 is 21.9 Å². The van der Waals surface area contributed by atoms with Crippen molar-refractivity contribution in [2.45, 2.75) is 24.9 Å². The number of hydrogen-bond acceptors (Lipinski definition) is 2. The molecule has 1 aliphatic carbocycles. The van der Waals surface area contributed by atoms with E-state index < -0.39 is 11.6 Å². The number of H-pyrrole nitrogens is 1. The van der Waals surface area contributed by atoms with E-state index in [1.807, 2.05) is 0 Å². The van der Waals surface area contributed by atoms with Crippen LogP contribution in [0.4, 0.5) is 0 Å². The third kappa shape index (κ3) is 1.19. The number of carboxylic acid groups (broad SMARTS) is 1. The number of carboxylic acids is 1. The second kappa shape index (κ2) is 3.10. The van der Waals surface area contributed by atoms with E-state index in [0.29, 0.717) is 12.0 Å².